The summed E-state index contributed by atoms with van der Waals surface area (Å²) in [6, 6.07) is 10.1. The molecule has 0 atom stereocenters. The number of H-pyrrole nitrogens is 1. The van der Waals surface area contributed by atoms with E-state index in [0.717, 1.165) is 16.6 Å². The fourth-order valence-corrected chi connectivity index (χ4v) is 3.62. The van der Waals surface area contributed by atoms with Gasteiger partial charge in [0, 0.05) is 49.5 Å². The van der Waals surface area contributed by atoms with Crippen LogP contribution in [-0.4, -0.2) is 56.2 Å². The average molecular weight is 383 g/mol. The molecular formula is C21H22FN3O3. The van der Waals surface area contributed by atoms with Gasteiger partial charge in [0.1, 0.15) is 5.82 Å². The summed E-state index contributed by atoms with van der Waals surface area (Å²) in [6.45, 7) is 2.63. The molecule has 28 heavy (non-hydrogen) atoms. The normalized spacial score (nSPS) is 14.4. The minimum atomic E-state index is -0.246. The quantitative estimate of drug-likeness (QED) is 0.751. The molecular weight excluding hydrogens is 361 g/mol. The predicted octanol–water partition coefficient (Wildman–Crippen LogP) is 3.29. The van der Waals surface area contributed by atoms with Crippen molar-refractivity contribution in [1.82, 2.24) is 9.88 Å². The molecule has 1 aliphatic heterocycles. The third-order valence-electron chi connectivity index (χ3n) is 5.17. The highest BCUT2D eigenvalue weighted by Crippen LogP contribution is 2.33. The number of hydrogen-bond acceptors (Lipinski definition) is 4. The highest BCUT2D eigenvalue weighted by Gasteiger charge is 2.25. The molecule has 146 valence electrons. The Kier molecular flexibility index (Phi) is 4.81. The maximum atomic E-state index is 13.1. The average Bonchev–Trinajstić information content (AvgIpc) is 3.15. The number of carbonyl (C=O) groups excluding carboxylic acids is 1. The topological polar surface area (TPSA) is 57.8 Å². The van der Waals surface area contributed by atoms with Gasteiger partial charge in [0.05, 0.1) is 25.3 Å². The molecule has 1 fully saturated rings. The van der Waals surface area contributed by atoms with Crippen LogP contribution in [0.3, 0.4) is 0 Å². The molecule has 0 bridgehead atoms. The van der Waals surface area contributed by atoms with Gasteiger partial charge in [0.2, 0.25) is 0 Å². The zero-order valence-electron chi connectivity index (χ0n) is 15.9. The van der Waals surface area contributed by atoms with Crippen LogP contribution < -0.4 is 14.4 Å². The molecule has 1 amide bonds. The molecule has 0 unspecified atom stereocenters. The Labute approximate surface area is 162 Å². The number of ether oxygens (including phenoxy) is 2. The largest absolute Gasteiger partial charge is 0.493 e. The molecule has 7 heteroatoms. The molecule has 0 aliphatic carbocycles. The Morgan fingerprint density at radius 2 is 1.64 bits per heavy atom. The lowest BCUT2D eigenvalue weighted by atomic mass is 10.1. The summed E-state index contributed by atoms with van der Waals surface area (Å²) < 4.78 is 23.8. The van der Waals surface area contributed by atoms with Crippen LogP contribution in [-0.2, 0) is 0 Å². The van der Waals surface area contributed by atoms with Gasteiger partial charge in [-0.3, -0.25) is 4.79 Å². The van der Waals surface area contributed by atoms with Crippen molar-refractivity contribution >= 4 is 22.5 Å². The van der Waals surface area contributed by atoms with E-state index in [-0.39, 0.29) is 11.7 Å². The summed E-state index contributed by atoms with van der Waals surface area (Å²) in [7, 11) is 3.16. The van der Waals surface area contributed by atoms with Gasteiger partial charge in [-0.1, -0.05) is 0 Å². The Hall–Kier alpha value is -3.22. The molecule has 1 aliphatic rings. The van der Waals surface area contributed by atoms with E-state index in [9.17, 15) is 9.18 Å². The van der Waals surface area contributed by atoms with Crippen LogP contribution in [0.25, 0.3) is 10.9 Å². The van der Waals surface area contributed by atoms with E-state index in [2.05, 4.69) is 9.88 Å². The van der Waals surface area contributed by atoms with E-state index in [1.54, 1.807) is 32.5 Å². The Morgan fingerprint density at radius 1 is 1.00 bits per heavy atom. The van der Waals surface area contributed by atoms with Crippen LogP contribution in [0.15, 0.2) is 42.6 Å². The summed E-state index contributed by atoms with van der Waals surface area (Å²) in [5.74, 6) is 0.940. The molecule has 3 aromatic rings. The van der Waals surface area contributed by atoms with E-state index in [0.29, 0.717) is 43.2 Å². The summed E-state index contributed by atoms with van der Waals surface area (Å²) in [4.78, 5) is 20.2. The smallest absolute Gasteiger partial charge is 0.256 e. The fourth-order valence-electron chi connectivity index (χ4n) is 3.62. The summed E-state index contributed by atoms with van der Waals surface area (Å²) in [5, 5.41) is 0.809. The molecule has 0 radical (unpaired) electrons. The number of benzene rings is 2. The number of aromatic nitrogens is 1. The van der Waals surface area contributed by atoms with Crippen molar-refractivity contribution in [2.45, 2.75) is 0 Å². The zero-order chi connectivity index (χ0) is 19.7. The maximum Gasteiger partial charge on any atom is 0.256 e. The van der Waals surface area contributed by atoms with Crippen LogP contribution in [0, 0.1) is 5.82 Å². The molecule has 0 saturated carbocycles. The lowest BCUT2D eigenvalue weighted by Gasteiger charge is -2.36. The molecule has 1 N–H and O–H groups in total. The Balaban J connectivity index is 1.52. The van der Waals surface area contributed by atoms with Gasteiger partial charge in [-0.2, -0.15) is 0 Å². The SMILES string of the molecule is COc1cc2[nH]cc(C(=O)N3CCN(c4ccc(F)cc4)CC3)c2cc1OC. The first kappa shape index (κ1) is 18.2. The van der Waals surface area contributed by atoms with Crippen LogP contribution in [0.5, 0.6) is 11.5 Å². The van der Waals surface area contributed by atoms with Gasteiger partial charge < -0.3 is 24.3 Å². The summed E-state index contributed by atoms with van der Waals surface area (Å²) >= 11 is 0. The Morgan fingerprint density at radius 3 is 2.29 bits per heavy atom. The van der Waals surface area contributed by atoms with Gasteiger partial charge in [-0.15, -0.1) is 0 Å². The Bertz CT molecular complexity index is 992. The van der Waals surface area contributed by atoms with Crippen LogP contribution in [0.1, 0.15) is 10.4 Å². The van der Waals surface area contributed by atoms with Gasteiger partial charge in [0.25, 0.3) is 5.91 Å². The molecule has 1 saturated heterocycles. The predicted molar refractivity (Wildman–Crippen MR) is 106 cm³/mol. The van der Waals surface area contributed by atoms with Gasteiger partial charge in [-0.05, 0) is 30.3 Å². The van der Waals surface area contributed by atoms with Crippen molar-refractivity contribution < 1.29 is 18.7 Å². The van der Waals surface area contributed by atoms with Crippen molar-refractivity contribution in [1.29, 1.82) is 0 Å². The van der Waals surface area contributed by atoms with E-state index in [4.69, 9.17) is 9.47 Å². The highest BCUT2D eigenvalue weighted by atomic mass is 19.1. The summed E-state index contributed by atoms with van der Waals surface area (Å²) in [6.07, 6.45) is 1.73. The minimum absolute atomic E-state index is 0.0165. The number of hydrogen-bond donors (Lipinski definition) is 1. The number of fused-ring (bicyclic) bond motifs is 1. The molecule has 2 heterocycles. The third-order valence-corrected chi connectivity index (χ3v) is 5.17. The molecule has 4 rings (SSSR count). The first-order valence-electron chi connectivity index (χ1n) is 9.13. The maximum absolute atomic E-state index is 13.1. The molecule has 0 spiro atoms. The second kappa shape index (κ2) is 7.42. The van der Waals surface area contributed by atoms with E-state index in [1.165, 1.54) is 12.1 Å². The fraction of sp³-hybridized carbons (Fsp3) is 0.286. The van der Waals surface area contributed by atoms with Gasteiger partial charge in [0.15, 0.2) is 11.5 Å². The number of rotatable bonds is 4. The van der Waals surface area contributed by atoms with Crippen molar-refractivity contribution in [2.24, 2.45) is 0 Å². The van der Waals surface area contributed by atoms with E-state index >= 15 is 0 Å². The lowest BCUT2D eigenvalue weighted by Crippen LogP contribution is -2.48. The number of nitrogens with one attached hydrogen (secondary N) is 1. The second-order valence-electron chi connectivity index (χ2n) is 6.71. The summed E-state index contributed by atoms with van der Waals surface area (Å²) in [5.41, 5.74) is 2.41. The number of anilines is 1. The van der Waals surface area contributed by atoms with Gasteiger partial charge in [-0.25, -0.2) is 4.39 Å². The number of methoxy groups -OCH3 is 2. The van der Waals surface area contributed by atoms with Crippen molar-refractivity contribution in [3.8, 4) is 11.5 Å². The van der Waals surface area contributed by atoms with Crippen molar-refractivity contribution in [3.63, 3.8) is 0 Å². The lowest BCUT2D eigenvalue weighted by molar-refractivity contribution is 0.0749. The number of halogens is 1. The number of aromatic amines is 1. The van der Waals surface area contributed by atoms with Crippen LogP contribution in [0.4, 0.5) is 10.1 Å². The molecule has 1 aromatic heterocycles. The van der Waals surface area contributed by atoms with E-state index < -0.39 is 0 Å². The minimum Gasteiger partial charge on any atom is -0.493 e. The first-order valence-corrected chi connectivity index (χ1v) is 9.13. The van der Waals surface area contributed by atoms with E-state index in [1.807, 2.05) is 17.0 Å². The number of carbonyl (C=O) groups is 1. The highest BCUT2D eigenvalue weighted by molar-refractivity contribution is 6.07. The number of amides is 1. The van der Waals surface area contributed by atoms with Crippen molar-refractivity contribution in [3.05, 3.63) is 54.0 Å². The van der Waals surface area contributed by atoms with Gasteiger partial charge >= 0.3 is 0 Å². The first-order chi connectivity index (χ1) is 13.6. The van der Waals surface area contributed by atoms with Crippen LogP contribution >= 0.6 is 0 Å². The van der Waals surface area contributed by atoms with Crippen LogP contribution in [0.2, 0.25) is 0 Å². The monoisotopic (exact) mass is 383 g/mol. The number of piperazine rings is 1. The standard InChI is InChI=1S/C21H22FN3O3/c1-27-19-11-16-17(13-23-18(16)12-20(19)28-2)21(26)25-9-7-24(8-10-25)15-5-3-14(22)4-6-15/h3-6,11-13,23H,7-10H2,1-2H3. The number of nitrogens with zero attached hydrogens (tertiary/aromatic N) is 2. The second-order valence-corrected chi connectivity index (χ2v) is 6.71. The van der Waals surface area contributed by atoms with Crippen molar-refractivity contribution in [2.75, 3.05) is 45.3 Å². The third kappa shape index (κ3) is 3.24. The molecule has 2 aromatic carbocycles. The molecule has 6 nitrogen and oxygen atoms in total. The zero-order valence-corrected chi connectivity index (χ0v) is 15.9.